The highest BCUT2D eigenvalue weighted by Crippen LogP contribution is 2.11. The highest BCUT2D eigenvalue weighted by atomic mass is 16.1. The molecule has 19 heavy (non-hydrogen) atoms. The molecule has 0 saturated heterocycles. The number of carbonyl (C=O) groups is 2. The maximum atomic E-state index is 12.2. The Morgan fingerprint density at radius 1 is 1.32 bits per heavy atom. The Kier molecular flexibility index (Phi) is 5.30. The summed E-state index contributed by atoms with van der Waals surface area (Å²) in [5.41, 5.74) is 7.74. The van der Waals surface area contributed by atoms with Crippen molar-refractivity contribution in [3.63, 3.8) is 0 Å². The summed E-state index contributed by atoms with van der Waals surface area (Å²) in [4.78, 5) is 28.2. The van der Waals surface area contributed by atoms with E-state index in [2.05, 4.69) is 4.98 Å². The van der Waals surface area contributed by atoms with Gasteiger partial charge in [-0.15, -0.1) is 0 Å². The summed E-state index contributed by atoms with van der Waals surface area (Å²) >= 11 is 0. The molecule has 1 rings (SSSR count). The van der Waals surface area contributed by atoms with Crippen molar-refractivity contribution in [2.75, 3.05) is 19.6 Å². The van der Waals surface area contributed by atoms with Crippen molar-refractivity contribution < 1.29 is 9.59 Å². The van der Waals surface area contributed by atoms with Crippen molar-refractivity contribution in [3.05, 3.63) is 23.0 Å². The number of primary amides is 1. The molecule has 5 nitrogen and oxygen atoms in total. The number of aromatic nitrogens is 1. The van der Waals surface area contributed by atoms with Crippen molar-refractivity contribution >= 4 is 11.7 Å². The molecule has 0 aliphatic rings. The zero-order chi connectivity index (χ0) is 14.6. The van der Waals surface area contributed by atoms with Crippen LogP contribution >= 0.6 is 0 Å². The van der Waals surface area contributed by atoms with Crippen LogP contribution in [0.5, 0.6) is 0 Å². The lowest BCUT2D eigenvalue weighted by Crippen LogP contribution is -2.39. The first-order chi connectivity index (χ1) is 8.79. The Hall–Kier alpha value is -1.62. The summed E-state index contributed by atoms with van der Waals surface area (Å²) in [5.74, 6) is -0.0135. The maximum absolute atomic E-state index is 12.2. The molecule has 1 aromatic rings. The summed E-state index contributed by atoms with van der Waals surface area (Å²) in [6.45, 7) is 8.90. The van der Waals surface area contributed by atoms with Crippen LogP contribution in [0.2, 0.25) is 0 Å². The maximum Gasteiger partial charge on any atom is 0.231 e. The number of H-pyrrole nitrogens is 1. The third-order valence-corrected chi connectivity index (χ3v) is 2.82. The Morgan fingerprint density at radius 2 is 1.95 bits per heavy atom. The van der Waals surface area contributed by atoms with Gasteiger partial charge >= 0.3 is 0 Å². The Labute approximate surface area is 114 Å². The van der Waals surface area contributed by atoms with Crippen LogP contribution in [0.25, 0.3) is 0 Å². The van der Waals surface area contributed by atoms with Gasteiger partial charge in [0.2, 0.25) is 5.91 Å². The molecule has 0 aliphatic heterocycles. The normalized spacial score (nSPS) is 11.3. The number of nitrogens with zero attached hydrogens (tertiary/aromatic N) is 1. The van der Waals surface area contributed by atoms with Gasteiger partial charge in [-0.25, -0.2) is 0 Å². The van der Waals surface area contributed by atoms with E-state index in [9.17, 15) is 9.59 Å². The van der Waals surface area contributed by atoms with Gasteiger partial charge in [-0.3, -0.25) is 14.5 Å². The summed E-state index contributed by atoms with van der Waals surface area (Å²) < 4.78 is 0. The molecule has 106 valence electrons. The first-order valence-corrected chi connectivity index (χ1v) is 6.49. The standard InChI is InChI=1S/C14H23N3O2/c1-9(2)6-17(8-14(15)19)7-13(18)12-5-10(3)16-11(12)4/h5,9,16H,6-8H2,1-4H3,(H2,15,19). The molecule has 0 fully saturated rings. The fourth-order valence-corrected chi connectivity index (χ4v) is 2.22. The zero-order valence-corrected chi connectivity index (χ0v) is 12.1. The smallest absolute Gasteiger partial charge is 0.231 e. The third-order valence-electron chi connectivity index (χ3n) is 2.82. The second-order valence-corrected chi connectivity index (χ2v) is 5.44. The number of aromatic amines is 1. The van der Waals surface area contributed by atoms with E-state index >= 15 is 0 Å². The minimum atomic E-state index is -0.407. The van der Waals surface area contributed by atoms with Gasteiger partial charge in [0.25, 0.3) is 0 Å². The van der Waals surface area contributed by atoms with Crippen LogP contribution in [-0.4, -0.2) is 41.2 Å². The number of nitrogens with two attached hydrogens (primary N) is 1. The second kappa shape index (κ2) is 6.52. The molecule has 0 spiro atoms. The first-order valence-electron chi connectivity index (χ1n) is 6.49. The van der Waals surface area contributed by atoms with E-state index in [0.29, 0.717) is 18.0 Å². The fraction of sp³-hybridized carbons (Fsp3) is 0.571. The minimum Gasteiger partial charge on any atom is -0.369 e. The number of aryl methyl sites for hydroxylation is 2. The van der Waals surface area contributed by atoms with E-state index < -0.39 is 5.91 Å². The van der Waals surface area contributed by atoms with Crippen LogP contribution in [0.3, 0.4) is 0 Å². The average molecular weight is 265 g/mol. The van der Waals surface area contributed by atoms with Crippen LogP contribution in [0.15, 0.2) is 6.07 Å². The minimum absolute atomic E-state index is 0.0174. The topological polar surface area (TPSA) is 79.2 Å². The predicted octanol–water partition coefficient (Wildman–Crippen LogP) is 1.26. The molecule has 0 radical (unpaired) electrons. The third kappa shape index (κ3) is 4.87. The molecular weight excluding hydrogens is 242 g/mol. The van der Waals surface area contributed by atoms with Crippen LogP contribution < -0.4 is 5.73 Å². The van der Waals surface area contributed by atoms with E-state index in [-0.39, 0.29) is 18.9 Å². The molecule has 0 aromatic carbocycles. The number of hydrogen-bond donors (Lipinski definition) is 2. The number of ketones is 1. The van der Waals surface area contributed by atoms with Gasteiger partial charge in [0.15, 0.2) is 5.78 Å². The van der Waals surface area contributed by atoms with Gasteiger partial charge in [0.05, 0.1) is 13.1 Å². The highest BCUT2D eigenvalue weighted by Gasteiger charge is 2.18. The molecule has 3 N–H and O–H groups in total. The Morgan fingerprint density at radius 3 is 2.37 bits per heavy atom. The molecule has 0 saturated carbocycles. The van der Waals surface area contributed by atoms with Crippen molar-refractivity contribution in [3.8, 4) is 0 Å². The van der Waals surface area contributed by atoms with Crippen LogP contribution in [0, 0.1) is 19.8 Å². The quantitative estimate of drug-likeness (QED) is 0.728. The molecule has 1 heterocycles. The summed E-state index contributed by atoms with van der Waals surface area (Å²) in [6, 6.07) is 1.84. The van der Waals surface area contributed by atoms with Gasteiger partial charge in [0, 0.05) is 23.5 Å². The van der Waals surface area contributed by atoms with Crippen molar-refractivity contribution in [1.82, 2.24) is 9.88 Å². The molecule has 0 aliphatic carbocycles. The molecule has 0 atom stereocenters. The highest BCUT2D eigenvalue weighted by molar-refractivity contribution is 5.99. The lowest BCUT2D eigenvalue weighted by Gasteiger charge is -2.21. The number of Topliss-reactive ketones (excluding diaryl/α,β-unsaturated/α-hetero) is 1. The monoisotopic (exact) mass is 265 g/mol. The van der Waals surface area contributed by atoms with E-state index in [1.807, 2.05) is 33.8 Å². The van der Waals surface area contributed by atoms with Gasteiger partial charge in [-0.2, -0.15) is 0 Å². The van der Waals surface area contributed by atoms with Crippen molar-refractivity contribution in [2.45, 2.75) is 27.7 Å². The largest absolute Gasteiger partial charge is 0.369 e. The molecule has 0 unspecified atom stereocenters. The van der Waals surface area contributed by atoms with Gasteiger partial charge in [-0.1, -0.05) is 13.8 Å². The van der Waals surface area contributed by atoms with Crippen LogP contribution in [0.4, 0.5) is 0 Å². The molecule has 1 amide bonds. The first kappa shape index (κ1) is 15.4. The van der Waals surface area contributed by atoms with E-state index in [4.69, 9.17) is 5.73 Å². The zero-order valence-electron chi connectivity index (χ0n) is 12.1. The Balaban J connectivity index is 2.75. The molecule has 0 bridgehead atoms. The number of nitrogens with one attached hydrogen (secondary N) is 1. The predicted molar refractivity (Wildman–Crippen MR) is 75.1 cm³/mol. The second-order valence-electron chi connectivity index (χ2n) is 5.44. The lowest BCUT2D eigenvalue weighted by molar-refractivity contribution is -0.119. The summed E-state index contributed by atoms with van der Waals surface area (Å²) in [7, 11) is 0. The lowest BCUT2D eigenvalue weighted by atomic mass is 10.1. The summed E-state index contributed by atoms with van der Waals surface area (Å²) in [6.07, 6.45) is 0. The number of amides is 1. The van der Waals surface area contributed by atoms with Crippen LogP contribution in [-0.2, 0) is 4.79 Å². The van der Waals surface area contributed by atoms with Crippen molar-refractivity contribution in [1.29, 1.82) is 0 Å². The van der Waals surface area contributed by atoms with E-state index in [0.717, 1.165) is 11.4 Å². The summed E-state index contributed by atoms with van der Waals surface area (Å²) in [5, 5.41) is 0. The number of carbonyl (C=O) groups excluding carboxylic acids is 2. The molecular formula is C14H23N3O2. The SMILES string of the molecule is Cc1cc(C(=O)CN(CC(N)=O)CC(C)C)c(C)[nH]1. The molecule has 1 aromatic heterocycles. The average Bonchev–Trinajstić information content (AvgIpc) is 2.55. The number of rotatable bonds is 7. The van der Waals surface area contributed by atoms with Gasteiger partial charge in [0.1, 0.15) is 0 Å². The molecule has 5 heteroatoms. The van der Waals surface area contributed by atoms with E-state index in [1.165, 1.54) is 0 Å². The van der Waals surface area contributed by atoms with Crippen LogP contribution in [0.1, 0.15) is 35.6 Å². The van der Waals surface area contributed by atoms with Crippen molar-refractivity contribution in [2.24, 2.45) is 11.7 Å². The van der Waals surface area contributed by atoms with Gasteiger partial charge in [-0.05, 0) is 25.8 Å². The fourth-order valence-electron chi connectivity index (χ4n) is 2.22. The van der Waals surface area contributed by atoms with E-state index in [1.54, 1.807) is 4.90 Å². The van der Waals surface area contributed by atoms with Gasteiger partial charge < -0.3 is 10.7 Å². The Bertz CT molecular complexity index is 463. The number of hydrogen-bond acceptors (Lipinski definition) is 3.